The van der Waals surface area contributed by atoms with Gasteiger partial charge in [0.1, 0.15) is 11.5 Å². The smallest absolute Gasteiger partial charge is 0.120 e. The van der Waals surface area contributed by atoms with Crippen molar-refractivity contribution < 1.29 is 14.9 Å². The van der Waals surface area contributed by atoms with Crippen LogP contribution in [0.25, 0.3) is 0 Å². The molecule has 1 aliphatic carbocycles. The number of hydrogen-bond donors (Lipinski definition) is 3. The summed E-state index contributed by atoms with van der Waals surface area (Å²) >= 11 is 0. The van der Waals surface area contributed by atoms with Crippen LogP contribution in [0, 0.1) is 5.92 Å². The summed E-state index contributed by atoms with van der Waals surface area (Å²) in [5.41, 5.74) is 0.854. The minimum absolute atomic E-state index is 0.134. The fourth-order valence-electron chi connectivity index (χ4n) is 2.82. The summed E-state index contributed by atoms with van der Waals surface area (Å²) in [4.78, 5) is 0. The first kappa shape index (κ1) is 15.1. The molecule has 2 unspecified atom stereocenters. The maximum absolute atomic E-state index is 9.85. The summed E-state index contributed by atoms with van der Waals surface area (Å²) in [5, 5.41) is 22.9. The molecule has 0 aliphatic heterocycles. The molecule has 3 N–H and O–H groups in total. The zero-order chi connectivity index (χ0) is 14.4. The summed E-state index contributed by atoms with van der Waals surface area (Å²) in [5.74, 6) is 1.62. The topological polar surface area (TPSA) is 61.7 Å². The maximum atomic E-state index is 9.85. The lowest BCUT2D eigenvalue weighted by Gasteiger charge is -2.26. The van der Waals surface area contributed by atoms with E-state index in [4.69, 9.17) is 4.74 Å². The van der Waals surface area contributed by atoms with Gasteiger partial charge in [-0.05, 0) is 56.8 Å². The summed E-state index contributed by atoms with van der Waals surface area (Å²) in [6, 6.07) is 5.33. The number of phenolic OH excluding ortho intramolecular Hbond substituents is 1. The number of aliphatic hydroxyl groups excluding tert-OH is 1. The highest BCUT2D eigenvalue weighted by atomic mass is 16.5. The molecule has 20 heavy (non-hydrogen) atoms. The fourth-order valence-corrected chi connectivity index (χ4v) is 2.82. The Bertz CT molecular complexity index is 422. The molecule has 1 fully saturated rings. The molecule has 1 aromatic carbocycles. The van der Waals surface area contributed by atoms with E-state index in [0.29, 0.717) is 24.8 Å². The predicted octanol–water partition coefficient (Wildman–Crippen LogP) is 2.43. The monoisotopic (exact) mass is 279 g/mol. The number of hydrogen-bond acceptors (Lipinski definition) is 4. The van der Waals surface area contributed by atoms with Gasteiger partial charge in [-0.1, -0.05) is 6.42 Å². The van der Waals surface area contributed by atoms with Crippen molar-refractivity contribution in [3.63, 3.8) is 0 Å². The van der Waals surface area contributed by atoms with Crippen LogP contribution in [0.3, 0.4) is 0 Å². The highest BCUT2D eigenvalue weighted by Crippen LogP contribution is 2.25. The van der Waals surface area contributed by atoms with Crippen LogP contribution < -0.4 is 10.1 Å². The highest BCUT2D eigenvalue weighted by Gasteiger charge is 2.19. The summed E-state index contributed by atoms with van der Waals surface area (Å²) in [7, 11) is 0. The highest BCUT2D eigenvalue weighted by molar-refractivity contribution is 5.39. The van der Waals surface area contributed by atoms with Crippen LogP contribution in [0.1, 0.15) is 38.2 Å². The molecule has 0 aromatic heterocycles. The molecule has 112 valence electrons. The van der Waals surface area contributed by atoms with E-state index in [0.717, 1.165) is 37.1 Å². The standard InChI is InChI=1S/C16H25NO3/c1-2-20-15-6-7-16(19)13(9-15)11-17-10-12-4-3-5-14(18)8-12/h6-7,9,12,14,17-19H,2-5,8,10-11H2,1H3. The van der Waals surface area contributed by atoms with E-state index in [1.165, 1.54) is 6.42 Å². The molecule has 4 heteroatoms. The molecule has 2 rings (SSSR count). The van der Waals surface area contributed by atoms with E-state index < -0.39 is 0 Å². The third-order valence-corrected chi connectivity index (χ3v) is 3.87. The van der Waals surface area contributed by atoms with Crippen molar-refractivity contribution >= 4 is 0 Å². The molecule has 1 saturated carbocycles. The van der Waals surface area contributed by atoms with E-state index in [1.54, 1.807) is 12.1 Å². The lowest BCUT2D eigenvalue weighted by atomic mass is 9.87. The minimum atomic E-state index is -0.134. The van der Waals surface area contributed by atoms with Crippen molar-refractivity contribution in [3.05, 3.63) is 23.8 Å². The second kappa shape index (κ2) is 7.50. The number of phenols is 1. The van der Waals surface area contributed by atoms with Gasteiger partial charge in [-0.2, -0.15) is 0 Å². The number of benzene rings is 1. The van der Waals surface area contributed by atoms with Gasteiger partial charge in [-0.15, -0.1) is 0 Å². The lowest BCUT2D eigenvalue weighted by Crippen LogP contribution is -2.28. The van der Waals surface area contributed by atoms with Crippen LogP contribution in [-0.2, 0) is 6.54 Å². The van der Waals surface area contributed by atoms with Crippen molar-refractivity contribution in [2.24, 2.45) is 5.92 Å². The lowest BCUT2D eigenvalue weighted by molar-refractivity contribution is 0.101. The van der Waals surface area contributed by atoms with Crippen molar-refractivity contribution in [2.45, 2.75) is 45.3 Å². The minimum Gasteiger partial charge on any atom is -0.508 e. The van der Waals surface area contributed by atoms with Crippen LogP contribution in [0.2, 0.25) is 0 Å². The largest absolute Gasteiger partial charge is 0.508 e. The fraction of sp³-hybridized carbons (Fsp3) is 0.625. The average Bonchev–Trinajstić information content (AvgIpc) is 2.43. The molecule has 0 amide bonds. The predicted molar refractivity (Wildman–Crippen MR) is 78.9 cm³/mol. The van der Waals surface area contributed by atoms with E-state index >= 15 is 0 Å². The molecule has 0 radical (unpaired) electrons. The first-order chi connectivity index (χ1) is 9.69. The second-order valence-corrected chi connectivity index (χ2v) is 5.54. The Morgan fingerprint density at radius 3 is 2.95 bits per heavy atom. The van der Waals surface area contributed by atoms with Crippen molar-refractivity contribution in [2.75, 3.05) is 13.2 Å². The van der Waals surface area contributed by atoms with Gasteiger partial charge in [-0.3, -0.25) is 0 Å². The van der Waals surface area contributed by atoms with Crippen molar-refractivity contribution in [1.82, 2.24) is 5.32 Å². The Labute approximate surface area is 120 Å². The average molecular weight is 279 g/mol. The third kappa shape index (κ3) is 4.39. The number of ether oxygens (including phenoxy) is 1. The van der Waals surface area contributed by atoms with Crippen molar-refractivity contribution in [3.8, 4) is 11.5 Å². The zero-order valence-corrected chi connectivity index (χ0v) is 12.1. The van der Waals surface area contributed by atoms with E-state index in [2.05, 4.69) is 5.32 Å². The Balaban J connectivity index is 1.82. The van der Waals surface area contributed by atoms with Crippen LogP contribution in [0.5, 0.6) is 11.5 Å². The molecule has 0 spiro atoms. The maximum Gasteiger partial charge on any atom is 0.120 e. The van der Waals surface area contributed by atoms with Gasteiger partial charge in [0.2, 0.25) is 0 Å². The van der Waals surface area contributed by atoms with Gasteiger partial charge in [0, 0.05) is 12.1 Å². The van der Waals surface area contributed by atoms with Gasteiger partial charge >= 0.3 is 0 Å². The number of aromatic hydroxyl groups is 1. The van der Waals surface area contributed by atoms with Crippen LogP contribution in [0.15, 0.2) is 18.2 Å². The summed E-state index contributed by atoms with van der Waals surface area (Å²) in [6.45, 7) is 4.07. The second-order valence-electron chi connectivity index (χ2n) is 5.54. The summed E-state index contributed by atoms with van der Waals surface area (Å²) < 4.78 is 5.44. The van der Waals surface area contributed by atoms with E-state index in [-0.39, 0.29) is 6.10 Å². The Kier molecular flexibility index (Phi) is 5.68. The molecule has 4 nitrogen and oxygen atoms in total. The molecule has 0 heterocycles. The first-order valence-electron chi connectivity index (χ1n) is 7.52. The van der Waals surface area contributed by atoms with Crippen LogP contribution in [0.4, 0.5) is 0 Å². The molecular formula is C16H25NO3. The molecule has 2 atom stereocenters. The number of nitrogens with one attached hydrogen (secondary N) is 1. The number of rotatable bonds is 6. The van der Waals surface area contributed by atoms with Crippen LogP contribution >= 0.6 is 0 Å². The van der Waals surface area contributed by atoms with Gasteiger partial charge in [0.25, 0.3) is 0 Å². The van der Waals surface area contributed by atoms with Crippen molar-refractivity contribution in [1.29, 1.82) is 0 Å². The van der Waals surface area contributed by atoms with Crippen LogP contribution in [-0.4, -0.2) is 29.5 Å². The van der Waals surface area contributed by atoms with Gasteiger partial charge < -0.3 is 20.3 Å². The Morgan fingerprint density at radius 2 is 2.20 bits per heavy atom. The molecule has 0 saturated heterocycles. The number of aliphatic hydroxyl groups is 1. The summed E-state index contributed by atoms with van der Waals surface area (Å²) in [6.07, 6.45) is 3.98. The quantitative estimate of drug-likeness (QED) is 0.748. The third-order valence-electron chi connectivity index (χ3n) is 3.87. The normalized spacial score (nSPS) is 22.7. The first-order valence-corrected chi connectivity index (χ1v) is 7.52. The molecule has 0 bridgehead atoms. The zero-order valence-electron chi connectivity index (χ0n) is 12.1. The Hall–Kier alpha value is -1.26. The van der Waals surface area contributed by atoms with Gasteiger partial charge in [0.05, 0.1) is 12.7 Å². The molecule has 1 aliphatic rings. The Morgan fingerprint density at radius 1 is 1.35 bits per heavy atom. The molecule has 1 aromatic rings. The van der Waals surface area contributed by atoms with Gasteiger partial charge in [0.15, 0.2) is 0 Å². The van der Waals surface area contributed by atoms with Gasteiger partial charge in [-0.25, -0.2) is 0 Å². The SMILES string of the molecule is CCOc1ccc(O)c(CNCC2CCCC(O)C2)c1. The van der Waals surface area contributed by atoms with E-state index in [9.17, 15) is 10.2 Å². The van der Waals surface area contributed by atoms with E-state index in [1.807, 2.05) is 13.0 Å². The molecular weight excluding hydrogens is 254 g/mol.